The van der Waals surface area contributed by atoms with E-state index >= 15 is 0 Å². The second kappa shape index (κ2) is 3.75. The molecule has 0 N–H and O–H groups in total. The molecule has 0 amide bonds. The van der Waals surface area contributed by atoms with Crippen LogP contribution in [0.4, 0.5) is 26.3 Å². The molecule has 0 heterocycles. The minimum absolute atomic E-state index is 0.111. The molecule has 1 aromatic carbocycles. The molecule has 0 aliphatic rings. The van der Waals surface area contributed by atoms with Crippen molar-refractivity contribution in [3.8, 4) is 0 Å². The van der Waals surface area contributed by atoms with Crippen molar-refractivity contribution in [2.45, 2.75) is 19.3 Å². The fourth-order valence-corrected chi connectivity index (χ4v) is 1.07. The van der Waals surface area contributed by atoms with E-state index in [1.165, 1.54) is 0 Å². The van der Waals surface area contributed by atoms with E-state index in [1.54, 1.807) is 0 Å². The first-order valence-corrected chi connectivity index (χ1v) is 4.02. The topological polar surface area (TPSA) is 0 Å². The first-order chi connectivity index (χ1) is 6.81. The summed E-state index contributed by atoms with van der Waals surface area (Å²) >= 11 is 0. The molecule has 0 nitrogen and oxygen atoms in total. The van der Waals surface area contributed by atoms with Crippen molar-refractivity contribution >= 4 is 0 Å². The summed E-state index contributed by atoms with van der Waals surface area (Å²) in [7, 11) is 0. The number of hydrogen-bond donors (Lipinski definition) is 0. The summed E-state index contributed by atoms with van der Waals surface area (Å²) in [6.07, 6.45) is -0.955. The van der Waals surface area contributed by atoms with Crippen molar-refractivity contribution < 1.29 is 26.3 Å². The van der Waals surface area contributed by atoms with Crippen LogP contribution in [0.1, 0.15) is 18.9 Å². The molecule has 0 aliphatic heterocycles. The average Bonchev–Trinajstić information content (AvgIpc) is 2.15. The van der Waals surface area contributed by atoms with E-state index in [1.807, 2.05) is 0 Å². The molecule has 0 bridgehead atoms. The SMILES string of the molecule is CCC(F)(F)c1c(F)c(F)cc(F)c1F. The van der Waals surface area contributed by atoms with Crippen molar-refractivity contribution in [1.29, 1.82) is 0 Å². The lowest BCUT2D eigenvalue weighted by Gasteiger charge is -2.16. The molecule has 6 heteroatoms. The maximum Gasteiger partial charge on any atom is 0.278 e. The van der Waals surface area contributed by atoms with Crippen LogP contribution in [0.2, 0.25) is 0 Å². The Morgan fingerprint density at radius 1 is 1.00 bits per heavy atom. The van der Waals surface area contributed by atoms with Crippen molar-refractivity contribution in [3.63, 3.8) is 0 Å². The second-order valence-corrected chi connectivity index (χ2v) is 2.90. The smallest absolute Gasteiger partial charge is 0.204 e. The van der Waals surface area contributed by atoms with Crippen molar-refractivity contribution in [2.24, 2.45) is 0 Å². The minimum Gasteiger partial charge on any atom is -0.204 e. The van der Waals surface area contributed by atoms with Gasteiger partial charge in [0.25, 0.3) is 5.92 Å². The third-order valence-corrected chi connectivity index (χ3v) is 1.92. The van der Waals surface area contributed by atoms with Gasteiger partial charge in [-0.1, -0.05) is 6.92 Å². The van der Waals surface area contributed by atoms with Crippen molar-refractivity contribution in [3.05, 3.63) is 34.9 Å². The lowest BCUT2D eigenvalue weighted by atomic mass is 10.0. The Balaban J connectivity index is 3.53. The zero-order valence-electron chi connectivity index (χ0n) is 7.55. The molecule has 0 spiro atoms. The molecular formula is C9H6F6. The molecule has 0 atom stereocenters. The summed E-state index contributed by atoms with van der Waals surface area (Å²) in [5.74, 6) is -11.7. The van der Waals surface area contributed by atoms with Crippen molar-refractivity contribution in [1.82, 2.24) is 0 Å². The molecule has 1 rings (SSSR count). The van der Waals surface area contributed by atoms with Crippen LogP contribution in [0.15, 0.2) is 6.07 Å². The van der Waals surface area contributed by atoms with Crippen molar-refractivity contribution in [2.75, 3.05) is 0 Å². The van der Waals surface area contributed by atoms with Crippen LogP contribution in [0.3, 0.4) is 0 Å². The van der Waals surface area contributed by atoms with Gasteiger partial charge in [0, 0.05) is 12.5 Å². The third kappa shape index (κ3) is 1.93. The van der Waals surface area contributed by atoms with Gasteiger partial charge in [0.05, 0.1) is 5.56 Å². The van der Waals surface area contributed by atoms with Crippen LogP contribution in [0.25, 0.3) is 0 Å². The predicted octanol–water partition coefficient (Wildman–Crippen LogP) is 3.74. The number of hydrogen-bond acceptors (Lipinski definition) is 0. The highest BCUT2D eigenvalue weighted by Crippen LogP contribution is 2.36. The quantitative estimate of drug-likeness (QED) is 0.534. The zero-order chi connectivity index (χ0) is 11.8. The Morgan fingerprint density at radius 3 is 1.73 bits per heavy atom. The van der Waals surface area contributed by atoms with Crippen LogP contribution in [0.5, 0.6) is 0 Å². The van der Waals surface area contributed by atoms with Gasteiger partial charge in [0.15, 0.2) is 23.3 Å². The van der Waals surface area contributed by atoms with E-state index in [4.69, 9.17) is 0 Å². The standard InChI is InChI=1S/C9H6F6/c1-2-9(14,15)6-7(12)4(10)3-5(11)8(6)13/h3H,2H2,1H3. The highest BCUT2D eigenvalue weighted by atomic mass is 19.3. The van der Waals surface area contributed by atoms with Crippen LogP contribution >= 0.6 is 0 Å². The molecule has 0 unspecified atom stereocenters. The number of alkyl halides is 2. The number of benzene rings is 1. The monoisotopic (exact) mass is 228 g/mol. The summed E-state index contributed by atoms with van der Waals surface area (Å²) in [6.45, 7) is 0.946. The fraction of sp³-hybridized carbons (Fsp3) is 0.333. The number of halogens is 6. The minimum atomic E-state index is -3.93. The summed E-state index contributed by atoms with van der Waals surface area (Å²) < 4.78 is 76.8. The first-order valence-electron chi connectivity index (χ1n) is 4.02. The van der Waals surface area contributed by atoms with Gasteiger partial charge in [-0.2, -0.15) is 0 Å². The van der Waals surface area contributed by atoms with Gasteiger partial charge in [-0.05, 0) is 0 Å². The molecule has 0 aliphatic carbocycles. The highest BCUT2D eigenvalue weighted by molar-refractivity contribution is 5.26. The maximum absolute atomic E-state index is 13.0. The van der Waals surface area contributed by atoms with E-state index in [-0.39, 0.29) is 6.07 Å². The second-order valence-electron chi connectivity index (χ2n) is 2.90. The lowest BCUT2D eigenvalue weighted by Crippen LogP contribution is -2.18. The molecule has 0 fully saturated rings. The Kier molecular flexibility index (Phi) is 2.97. The third-order valence-electron chi connectivity index (χ3n) is 1.92. The molecule has 84 valence electrons. The average molecular weight is 228 g/mol. The Labute approximate surface area is 81.5 Å². The van der Waals surface area contributed by atoms with Gasteiger partial charge < -0.3 is 0 Å². The summed E-state index contributed by atoms with van der Waals surface area (Å²) in [6, 6.07) is -0.111. The highest BCUT2D eigenvalue weighted by Gasteiger charge is 2.38. The lowest BCUT2D eigenvalue weighted by molar-refractivity contribution is -0.0167. The maximum atomic E-state index is 13.0. The summed E-state index contributed by atoms with van der Waals surface area (Å²) in [4.78, 5) is 0. The van der Waals surface area contributed by atoms with E-state index in [2.05, 4.69) is 0 Å². The molecule has 0 radical (unpaired) electrons. The van der Waals surface area contributed by atoms with Gasteiger partial charge in [0.2, 0.25) is 0 Å². The van der Waals surface area contributed by atoms with E-state index in [0.717, 1.165) is 6.92 Å². The van der Waals surface area contributed by atoms with Gasteiger partial charge >= 0.3 is 0 Å². The molecule has 0 saturated carbocycles. The van der Waals surface area contributed by atoms with Crippen LogP contribution < -0.4 is 0 Å². The largest absolute Gasteiger partial charge is 0.278 e. The predicted molar refractivity (Wildman–Crippen MR) is 40.5 cm³/mol. The number of rotatable bonds is 2. The van der Waals surface area contributed by atoms with Crippen LogP contribution in [0, 0.1) is 23.3 Å². The zero-order valence-corrected chi connectivity index (χ0v) is 7.55. The molecule has 0 saturated heterocycles. The first kappa shape index (κ1) is 11.9. The van der Waals surface area contributed by atoms with Crippen LogP contribution in [-0.2, 0) is 5.92 Å². The van der Waals surface area contributed by atoms with E-state index in [9.17, 15) is 26.3 Å². The molecule has 15 heavy (non-hydrogen) atoms. The van der Waals surface area contributed by atoms with Gasteiger partial charge in [-0.25, -0.2) is 26.3 Å². The van der Waals surface area contributed by atoms with E-state index in [0.29, 0.717) is 0 Å². The molecule has 0 aromatic heterocycles. The van der Waals surface area contributed by atoms with Gasteiger partial charge in [0.1, 0.15) is 0 Å². The Bertz CT molecular complexity index is 358. The van der Waals surface area contributed by atoms with Gasteiger partial charge in [-0.3, -0.25) is 0 Å². The fourth-order valence-electron chi connectivity index (χ4n) is 1.07. The molecular weight excluding hydrogens is 222 g/mol. The normalized spacial score (nSPS) is 11.9. The summed E-state index contributed by atoms with van der Waals surface area (Å²) in [5, 5.41) is 0. The van der Waals surface area contributed by atoms with Gasteiger partial charge in [-0.15, -0.1) is 0 Å². The Hall–Kier alpha value is -1.20. The Morgan fingerprint density at radius 2 is 1.40 bits per heavy atom. The summed E-state index contributed by atoms with van der Waals surface area (Å²) in [5.41, 5.74) is -1.86. The van der Waals surface area contributed by atoms with Crippen LogP contribution in [-0.4, -0.2) is 0 Å². The molecule has 1 aromatic rings. The van der Waals surface area contributed by atoms with E-state index < -0.39 is 41.2 Å².